The minimum atomic E-state index is -0.370. The molecule has 1 amide bonds. The first-order valence-corrected chi connectivity index (χ1v) is 14.1. The maximum Gasteiger partial charge on any atom is 0.341 e. The van der Waals surface area contributed by atoms with Gasteiger partial charge in [0, 0.05) is 15.9 Å². The van der Waals surface area contributed by atoms with Gasteiger partial charge < -0.3 is 19.4 Å². The molecule has 0 bridgehead atoms. The molecule has 186 valence electrons. The standard InChI is InChI=1S/C24H27BrN4O4S2/c1-4-29-21(14(3)33-16-11-9-15(25)10-12-16)27-28-24(29)34-13-19(30)26-22-20(23(31)32-5-2)17-7-6-8-18(17)35-22/h9-12,14H,4-8,13H2,1-3H3,(H,26,30). The number of carbonyl (C=O) groups excluding carboxylic acids is 2. The number of nitrogens with one attached hydrogen (secondary N) is 1. The number of esters is 1. The molecule has 0 saturated heterocycles. The fourth-order valence-corrected chi connectivity index (χ4v) is 6.35. The molecule has 2 heterocycles. The Morgan fingerprint density at radius 2 is 2.00 bits per heavy atom. The molecule has 1 aliphatic carbocycles. The molecule has 8 nitrogen and oxygen atoms in total. The van der Waals surface area contributed by atoms with E-state index in [0.29, 0.717) is 34.7 Å². The second-order valence-corrected chi connectivity index (χ2v) is 10.9. The van der Waals surface area contributed by atoms with Gasteiger partial charge >= 0.3 is 5.97 Å². The zero-order valence-electron chi connectivity index (χ0n) is 19.8. The van der Waals surface area contributed by atoms with Gasteiger partial charge in [0.15, 0.2) is 17.1 Å². The number of thioether (sulfide) groups is 1. The summed E-state index contributed by atoms with van der Waals surface area (Å²) in [7, 11) is 0. The quantitative estimate of drug-likeness (QED) is 0.245. The van der Waals surface area contributed by atoms with Gasteiger partial charge in [0.05, 0.1) is 17.9 Å². The van der Waals surface area contributed by atoms with Crippen LogP contribution in [0.15, 0.2) is 33.9 Å². The van der Waals surface area contributed by atoms with E-state index >= 15 is 0 Å². The maximum absolute atomic E-state index is 12.8. The lowest BCUT2D eigenvalue weighted by Crippen LogP contribution is -2.17. The third kappa shape index (κ3) is 5.90. The van der Waals surface area contributed by atoms with Crippen molar-refractivity contribution in [2.45, 2.75) is 57.8 Å². The Morgan fingerprint density at radius 1 is 1.23 bits per heavy atom. The van der Waals surface area contributed by atoms with E-state index in [1.165, 1.54) is 23.1 Å². The molecule has 11 heteroatoms. The van der Waals surface area contributed by atoms with Gasteiger partial charge in [-0.25, -0.2) is 4.79 Å². The molecule has 1 N–H and O–H groups in total. The van der Waals surface area contributed by atoms with Gasteiger partial charge in [0.1, 0.15) is 10.8 Å². The summed E-state index contributed by atoms with van der Waals surface area (Å²) < 4.78 is 14.2. The number of hydrogen-bond acceptors (Lipinski definition) is 8. The number of fused-ring (bicyclic) bond motifs is 1. The van der Waals surface area contributed by atoms with Gasteiger partial charge in [-0.2, -0.15) is 0 Å². The van der Waals surface area contributed by atoms with Gasteiger partial charge in [-0.05, 0) is 69.9 Å². The lowest BCUT2D eigenvalue weighted by Gasteiger charge is -2.15. The molecule has 1 unspecified atom stereocenters. The van der Waals surface area contributed by atoms with Crippen LogP contribution in [0.1, 0.15) is 59.9 Å². The number of rotatable bonds is 10. The summed E-state index contributed by atoms with van der Waals surface area (Å²) in [5, 5.41) is 12.8. The van der Waals surface area contributed by atoms with Crippen molar-refractivity contribution in [1.82, 2.24) is 14.8 Å². The Labute approximate surface area is 220 Å². The molecule has 0 spiro atoms. The number of ether oxygens (including phenoxy) is 2. The molecule has 0 fully saturated rings. The van der Waals surface area contributed by atoms with Crippen LogP contribution in [0.4, 0.5) is 5.00 Å². The fraction of sp³-hybridized carbons (Fsp3) is 0.417. The van der Waals surface area contributed by atoms with E-state index in [1.54, 1.807) is 6.92 Å². The van der Waals surface area contributed by atoms with E-state index in [0.717, 1.165) is 39.9 Å². The lowest BCUT2D eigenvalue weighted by atomic mass is 10.1. The molecule has 1 aromatic carbocycles. The Morgan fingerprint density at radius 3 is 2.71 bits per heavy atom. The van der Waals surface area contributed by atoms with Crippen LogP contribution in [0.2, 0.25) is 0 Å². The molecule has 4 rings (SSSR count). The van der Waals surface area contributed by atoms with Crippen LogP contribution in [-0.2, 0) is 28.9 Å². The molecule has 1 atom stereocenters. The first-order chi connectivity index (χ1) is 16.9. The van der Waals surface area contributed by atoms with Crippen molar-refractivity contribution in [2.24, 2.45) is 0 Å². The second kappa shape index (κ2) is 11.6. The summed E-state index contributed by atoms with van der Waals surface area (Å²) >= 11 is 6.20. The highest BCUT2D eigenvalue weighted by Gasteiger charge is 2.28. The van der Waals surface area contributed by atoms with Gasteiger partial charge in [-0.15, -0.1) is 21.5 Å². The normalized spacial score (nSPS) is 13.4. The smallest absolute Gasteiger partial charge is 0.341 e. The van der Waals surface area contributed by atoms with Gasteiger partial charge in [0.25, 0.3) is 0 Å². The Hall–Kier alpha value is -2.37. The third-order valence-electron chi connectivity index (χ3n) is 5.54. The van der Waals surface area contributed by atoms with Crippen molar-refractivity contribution >= 4 is 55.9 Å². The number of nitrogens with zero attached hydrogens (tertiary/aromatic N) is 3. The number of amides is 1. The molecule has 0 aliphatic heterocycles. The second-order valence-electron chi connectivity index (χ2n) is 7.92. The number of benzene rings is 1. The van der Waals surface area contributed by atoms with E-state index in [-0.39, 0.29) is 23.7 Å². The van der Waals surface area contributed by atoms with Crippen LogP contribution in [0, 0.1) is 0 Å². The molecular weight excluding hydrogens is 552 g/mol. The van der Waals surface area contributed by atoms with Crippen molar-refractivity contribution in [3.05, 3.63) is 50.6 Å². The van der Waals surface area contributed by atoms with Crippen molar-refractivity contribution in [3.8, 4) is 5.75 Å². The van der Waals surface area contributed by atoms with E-state index in [1.807, 2.05) is 42.7 Å². The zero-order valence-corrected chi connectivity index (χ0v) is 23.0. The van der Waals surface area contributed by atoms with Crippen molar-refractivity contribution in [3.63, 3.8) is 0 Å². The number of aryl methyl sites for hydroxylation is 1. The number of hydrogen-bond donors (Lipinski definition) is 1. The third-order valence-corrected chi connectivity index (χ3v) is 8.24. The number of anilines is 1. The van der Waals surface area contributed by atoms with E-state index < -0.39 is 0 Å². The van der Waals surface area contributed by atoms with E-state index in [9.17, 15) is 9.59 Å². The van der Waals surface area contributed by atoms with Gasteiger partial charge in [-0.3, -0.25) is 4.79 Å². The SMILES string of the molecule is CCOC(=O)c1c(NC(=O)CSc2nnc(C(C)Oc3ccc(Br)cc3)n2CC)sc2c1CCC2. The van der Waals surface area contributed by atoms with Crippen molar-refractivity contribution in [2.75, 3.05) is 17.7 Å². The van der Waals surface area contributed by atoms with Crippen LogP contribution in [0.25, 0.3) is 0 Å². The number of aromatic nitrogens is 3. The lowest BCUT2D eigenvalue weighted by molar-refractivity contribution is -0.113. The molecule has 0 saturated carbocycles. The summed E-state index contributed by atoms with van der Waals surface area (Å²) in [6, 6.07) is 7.61. The highest BCUT2D eigenvalue weighted by molar-refractivity contribution is 9.10. The number of halogens is 1. The average Bonchev–Trinajstić information content (AvgIpc) is 3.53. The molecule has 0 radical (unpaired) electrons. The average molecular weight is 580 g/mol. The predicted octanol–water partition coefficient (Wildman–Crippen LogP) is 5.66. The number of carbonyl (C=O) groups is 2. The Kier molecular flexibility index (Phi) is 8.51. The predicted molar refractivity (Wildman–Crippen MR) is 141 cm³/mol. The molecular formula is C24H27BrN4O4S2. The van der Waals surface area contributed by atoms with Crippen LogP contribution < -0.4 is 10.1 Å². The minimum Gasteiger partial charge on any atom is -0.483 e. The summed E-state index contributed by atoms with van der Waals surface area (Å²) in [6.07, 6.45) is 2.48. The van der Waals surface area contributed by atoms with Gasteiger partial charge in [-0.1, -0.05) is 27.7 Å². The van der Waals surface area contributed by atoms with Crippen LogP contribution in [0.5, 0.6) is 5.75 Å². The highest BCUT2D eigenvalue weighted by Crippen LogP contribution is 2.39. The summed E-state index contributed by atoms with van der Waals surface area (Å²) in [5.74, 6) is 1.000. The number of thiophene rings is 1. The summed E-state index contributed by atoms with van der Waals surface area (Å²) in [6.45, 7) is 6.65. The van der Waals surface area contributed by atoms with E-state index in [4.69, 9.17) is 9.47 Å². The topological polar surface area (TPSA) is 95.3 Å². The van der Waals surface area contributed by atoms with Crippen molar-refractivity contribution in [1.29, 1.82) is 0 Å². The summed E-state index contributed by atoms with van der Waals surface area (Å²) in [5.41, 5.74) is 1.53. The van der Waals surface area contributed by atoms with Crippen LogP contribution >= 0.6 is 39.0 Å². The first-order valence-electron chi connectivity index (χ1n) is 11.5. The molecule has 1 aliphatic rings. The largest absolute Gasteiger partial charge is 0.483 e. The summed E-state index contributed by atoms with van der Waals surface area (Å²) in [4.78, 5) is 26.5. The molecule has 35 heavy (non-hydrogen) atoms. The highest BCUT2D eigenvalue weighted by atomic mass is 79.9. The zero-order chi connectivity index (χ0) is 24.9. The van der Waals surface area contributed by atoms with E-state index in [2.05, 4.69) is 31.4 Å². The van der Waals surface area contributed by atoms with Gasteiger partial charge in [0.2, 0.25) is 5.91 Å². The molecule has 3 aromatic rings. The van der Waals surface area contributed by atoms with Crippen LogP contribution in [-0.4, -0.2) is 39.0 Å². The Balaban J connectivity index is 1.41. The fourth-order valence-electron chi connectivity index (χ4n) is 3.98. The minimum absolute atomic E-state index is 0.144. The van der Waals surface area contributed by atoms with Crippen LogP contribution in [0.3, 0.4) is 0 Å². The van der Waals surface area contributed by atoms with Crippen molar-refractivity contribution < 1.29 is 19.1 Å². The monoisotopic (exact) mass is 578 g/mol. The maximum atomic E-state index is 12.8. The molecule has 2 aromatic heterocycles. The Bertz CT molecular complexity index is 1210. The first kappa shape index (κ1) is 25.7.